The number of hydrogen-bond donors (Lipinski definition) is 1. The van der Waals surface area contributed by atoms with Gasteiger partial charge in [-0.25, -0.2) is 22.9 Å². The fourth-order valence-electron chi connectivity index (χ4n) is 3.27. The van der Waals surface area contributed by atoms with Crippen molar-refractivity contribution in [2.75, 3.05) is 13.2 Å². The molecule has 1 aliphatic heterocycles. The number of amides is 1. The minimum atomic E-state index is -4.39. The lowest BCUT2D eigenvalue weighted by Crippen LogP contribution is -2.40. The number of alkyl halides is 4. The topological polar surface area (TPSA) is 89.0 Å². The van der Waals surface area contributed by atoms with E-state index < -0.39 is 54.1 Å². The van der Waals surface area contributed by atoms with Gasteiger partial charge in [-0.15, -0.1) is 0 Å². The number of aliphatic carboxylic acids is 1. The molecule has 14 heteroatoms. The lowest BCUT2D eigenvalue weighted by Gasteiger charge is -2.22. The number of carboxylic acids is 1. The summed E-state index contributed by atoms with van der Waals surface area (Å²) in [5.41, 5.74) is -0.261. The largest absolute Gasteiger partial charge is 0.487 e. The summed E-state index contributed by atoms with van der Waals surface area (Å²) in [4.78, 5) is 28.7. The maximum absolute atomic E-state index is 14.7. The van der Waals surface area contributed by atoms with Gasteiger partial charge in [0.15, 0.2) is 6.61 Å². The van der Waals surface area contributed by atoms with Crippen molar-refractivity contribution in [3.63, 3.8) is 0 Å². The molecular weight excluding hydrogens is 526 g/mol. The summed E-state index contributed by atoms with van der Waals surface area (Å²) in [6.45, 7) is -1.78. The van der Waals surface area contributed by atoms with Crippen molar-refractivity contribution in [3.8, 4) is 11.6 Å². The van der Waals surface area contributed by atoms with Crippen LogP contribution in [0.15, 0.2) is 24.4 Å². The summed E-state index contributed by atoms with van der Waals surface area (Å²) in [6, 6.07) is 2.10. The third kappa shape index (κ3) is 6.23. The lowest BCUT2D eigenvalue weighted by atomic mass is 10.1. The Kier molecular flexibility index (Phi) is 8.26. The first-order chi connectivity index (χ1) is 16.4. The summed E-state index contributed by atoms with van der Waals surface area (Å²) in [6.07, 6.45) is -2.18. The van der Waals surface area contributed by atoms with Gasteiger partial charge in [0.25, 0.3) is 5.91 Å². The summed E-state index contributed by atoms with van der Waals surface area (Å²) in [5, 5.41) is 8.90. The highest BCUT2D eigenvalue weighted by Gasteiger charge is 2.42. The standard InChI is InChI=1S/C21H17Cl2F5N2O5/c22-13-6-12(18(31)30-3-1-2-16(30)19(32)33)15(24)4-10(13)8-34-11-5-14(23)17(29-7-11)35-9-21(27,28)20(25)26/h4-7,16,20H,1-3,8-9H2,(H,32,33). The predicted octanol–water partition coefficient (Wildman–Crippen LogP) is 5.07. The minimum Gasteiger partial charge on any atom is -0.487 e. The number of ether oxygens (including phenoxy) is 2. The van der Waals surface area contributed by atoms with Crippen molar-refractivity contribution < 1.29 is 46.1 Å². The fourth-order valence-corrected chi connectivity index (χ4v) is 3.69. The molecule has 1 atom stereocenters. The highest BCUT2D eigenvalue weighted by molar-refractivity contribution is 6.32. The highest BCUT2D eigenvalue weighted by atomic mass is 35.5. The van der Waals surface area contributed by atoms with Crippen LogP contribution in [0.25, 0.3) is 0 Å². The zero-order valence-electron chi connectivity index (χ0n) is 17.6. The number of carbonyl (C=O) groups is 2. The zero-order valence-corrected chi connectivity index (χ0v) is 19.1. The Morgan fingerprint density at radius 2 is 1.91 bits per heavy atom. The van der Waals surface area contributed by atoms with Gasteiger partial charge in [0.1, 0.15) is 29.2 Å². The number of carbonyl (C=O) groups excluding carboxylic acids is 1. The number of carboxylic acid groups (broad SMARTS) is 1. The Morgan fingerprint density at radius 3 is 2.54 bits per heavy atom. The molecule has 35 heavy (non-hydrogen) atoms. The molecule has 3 rings (SSSR count). The first-order valence-electron chi connectivity index (χ1n) is 9.99. The van der Waals surface area contributed by atoms with Gasteiger partial charge in [-0.1, -0.05) is 23.2 Å². The van der Waals surface area contributed by atoms with E-state index in [0.29, 0.717) is 6.42 Å². The molecule has 190 valence electrons. The van der Waals surface area contributed by atoms with Crippen molar-refractivity contribution in [1.29, 1.82) is 0 Å². The minimum absolute atomic E-state index is 0.000893. The van der Waals surface area contributed by atoms with Crippen molar-refractivity contribution in [3.05, 3.63) is 51.4 Å². The van der Waals surface area contributed by atoms with Gasteiger partial charge in [0.05, 0.1) is 11.8 Å². The molecular formula is C21H17Cl2F5N2O5. The number of hydrogen-bond acceptors (Lipinski definition) is 5. The second-order valence-electron chi connectivity index (χ2n) is 7.52. The molecule has 0 aliphatic carbocycles. The zero-order chi connectivity index (χ0) is 25.9. The Bertz CT molecular complexity index is 1120. The van der Waals surface area contributed by atoms with Crippen LogP contribution in [0.3, 0.4) is 0 Å². The number of pyridine rings is 1. The maximum Gasteiger partial charge on any atom is 0.340 e. The molecule has 0 saturated carbocycles. The molecule has 0 radical (unpaired) electrons. The molecule has 2 aromatic rings. The molecule has 1 fully saturated rings. The molecule has 1 N–H and O–H groups in total. The van der Waals surface area contributed by atoms with Gasteiger partial charge in [-0.05, 0) is 25.0 Å². The van der Waals surface area contributed by atoms with Gasteiger partial charge in [0, 0.05) is 23.2 Å². The number of halogens is 7. The van der Waals surface area contributed by atoms with Crippen molar-refractivity contribution in [1.82, 2.24) is 9.88 Å². The quantitative estimate of drug-likeness (QED) is 0.445. The third-order valence-corrected chi connectivity index (χ3v) is 5.69. The summed E-state index contributed by atoms with van der Waals surface area (Å²) in [7, 11) is 0. The van der Waals surface area contributed by atoms with Crippen molar-refractivity contribution >= 4 is 35.1 Å². The Morgan fingerprint density at radius 1 is 1.20 bits per heavy atom. The highest BCUT2D eigenvalue weighted by Crippen LogP contribution is 2.31. The van der Waals surface area contributed by atoms with E-state index in [2.05, 4.69) is 9.72 Å². The van der Waals surface area contributed by atoms with Crippen LogP contribution in [-0.4, -0.2) is 58.4 Å². The van der Waals surface area contributed by atoms with E-state index in [1.54, 1.807) is 0 Å². The second kappa shape index (κ2) is 10.8. The van der Waals surface area contributed by atoms with Crippen molar-refractivity contribution in [2.24, 2.45) is 0 Å². The van der Waals surface area contributed by atoms with E-state index in [-0.39, 0.29) is 40.9 Å². The van der Waals surface area contributed by atoms with Crippen LogP contribution in [0.5, 0.6) is 11.6 Å². The molecule has 1 amide bonds. The third-order valence-electron chi connectivity index (χ3n) is 5.06. The second-order valence-corrected chi connectivity index (χ2v) is 8.33. The van der Waals surface area contributed by atoms with Gasteiger partial charge < -0.3 is 19.5 Å². The molecule has 1 saturated heterocycles. The van der Waals surface area contributed by atoms with Crippen LogP contribution in [0.2, 0.25) is 10.0 Å². The number of likely N-dealkylation sites (tertiary alicyclic amines) is 1. The fraction of sp³-hybridized carbons (Fsp3) is 0.381. The average molecular weight is 543 g/mol. The number of nitrogens with zero attached hydrogens (tertiary/aromatic N) is 2. The van der Waals surface area contributed by atoms with E-state index in [9.17, 15) is 36.6 Å². The normalized spacial score (nSPS) is 16.0. The molecule has 0 bridgehead atoms. The van der Waals surface area contributed by atoms with Crippen LogP contribution >= 0.6 is 23.2 Å². The van der Waals surface area contributed by atoms with Crippen LogP contribution in [0.1, 0.15) is 28.8 Å². The Labute approximate surface area is 205 Å². The van der Waals surface area contributed by atoms with Crippen LogP contribution < -0.4 is 9.47 Å². The first-order valence-corrected chi connectivity index (χ1v) is 10.7. The predicted molar refractivity (Wildman–Crippen MR) is 113 cm³/mol. The molecule has 1 unspecified atom stereocenters. The van der Waals surface area contributed by atoms with E-state index in [0.717, 1.165) is 29.3 Å². The van der Waals surface area contributed by atoms with E-state index >= 15 is 0 Å². The van der Waals surface area contributed by atoms with E-state index in [1.165, 1.54) is 0 Å². The van der Waals surface area contributed by atoms with Crippen molar-refractivity contribution in [2.45, 2.75) is 37.8 Å². The molecule has 1 aromatic carbocycles. The Balaban J connectivity index is 1.67. The average Bonchev–Trinajstić information content (AvgIpc) is 3.28. The number of benzene rings is 1. The monoisotopic (exact) mass is 542 g/mol. The van der Waals surface area contributed by atoms with Gasteiger partial charge >= 0.3 is 18.3 Å². The number of rotatable bonds is 9. The molecule has 2 heterocycles. The van der Waals surface area contributed by atoms with E-state index in [4.69, 9.17) is 27.9 Å². The van der Waals surface area contributed by atoms with Crippen LogP contribution in [-0.2, 0) is 11.4 Å². The summed E-state index contributed by atoms with van der Waals surface area (Å²) < 4.78 is 75.0. The summed E-state index contributed by atoms with van der Waals surface area (Å²) in [5.74, 6) is -7.83. The molecule has 7 nitrogen and oxygen atoms in total. The lowest BCUT2D eigenvalue weighted by molar-refractivity contribution is -0.148. The van der Waals surface area contributed by atoms with Gasteiger partial charge in [-0.3, -0.25) is 4.79 Å². The van der Waals surface area contributed by atoms with Crippen LogP contribution in [0.4, 0.5) is 22.0 Å². The SMILES string of the molecule is O=C(O)C1CCCN1C(=O)c1cc(Cl)c(COc2cnc(OCC(F)(F)C(F)F)c(Cl)c2)cc1F. The molecule has 1 aliphatic rings. The van der Waals surface area contributed by atoms with Gasteiger partial charge in [-0.2, -0.15) is 8.78 Å². The number of aromatic nitrogens is 1. The van der Waals surface area contributed by atoms with Crippen LogP contribution in [0, 0.1) is 5.82 Å². The smallest absolute Gasteiger partial charge is 0.340 e. The van der Waals surface area contributed by atoms with E-state index in [1.807, 2.05) is 0 Å². The molecule has 0 spiro atoms. The van der Waals surface area contributed by atoms with Gasteiger partial charge in [0.2, 0.25) is 5.88 Å². The maximum atomic E-state index is 14.7. The summed E-state index contributed by atoms with van der Waals surface area (Å²) >= 11 is 12.0. The Hall–Kier alpha value is -2.86. The molecule has 1 aromatic heterocycles. The first kappa shape index (κ1) is 26.7.